The molecule has 0 N–H and O–H groups in total. The van der Waals surface area contributed by atoms with Crippen molar-refractivity contribution in [1.29, 1.82) is 0 Å². The van der Waals surface area contributed by atoms with E-state index in [0.717, 1.165) is 35.4 Å². The van der Waals surface area contributed by atoms with Gasteiger partial charge in [0.1, 0.15) is 5.65 Å². The zero-order valence-corrected chi connectivity index (χ0v) is 15.1. The van der Waals surface area contributed by atoms with E-state index in [0.29, 0.717) is 26.1 Å². The molecule has 0 saturated carbocycles. The summed E-state index contributed by atoms with van der Waals surface area (Å²) in [4.78, 5) is 31.2. The van der Waals surface area contributed by atoms with Gasteiger partial charge in [-0.15, -0.1) is 0 Å². The van der Waals surface area contributed by atoms with Crippen LogP contribution in [0, 0.1) is 19.8 Å². The van der Waals surface area contributed by atoms with E-state index in [1.807, 2.05) is 36.6 Å². The Morgan fingerprint density at radius 2 is 2.16 bits per heavy atom. The fourth-order valence-corrected chi connectivity index (χ4v) is 3.49. The van der Waals surface area contributed by atoms with Crippen molar-refractivity contribution in [3.63, 3.8) is 0 Å². The van der Waals surface area contributed by atoms with Crippen LogP contribution in [-0.4, -0.2) is 45.9 Å². The number of likely N-dealkylation sites (tertiary alicyclic amines) is 1. The lowest BCUT2D eigenvalue weighted by Crippen LogP contribution is -2.43. The van der Waals surface area contributed by atoms with Gasteiger partial charge in [-0.25, -0.2) is 4.98 Å². The van der Waals surface area contributed by atoms with Crippen molar-refractivity contribution in [2.24, 2.45) is 5.92 Å². The highest BCUT2D eigenvalue weighted by molar-refractivity contribution is 5.80. The van der Waals surface area contributed by atoms with Crippen LogP contribution < -0.4 is 0 Å². The van der Waals surface area contributed by atoms with Crippen LogP contribution in [0.25, 0.3) is 5.65 Å². The van der Waals surface area contributed by atoms with E-state index in [1.54, 1.807) is 11.8 Å². The zero-order valence-electron chi connectivity index (χ0n) is 15.1. The minimum atomic E-state index is -0.205. The Bertz CT molecular complexity index is 797. The van der Waals surface area contributed by atoms with E-state index in [9.17, 15) is 9.59 Å². The summed E-state index contributed by atoms with van der Waals surface area (Å²) in [5.41, 5.74) is 3.78. The third-order valence-electron chi connectivity index (χ3n) is 4.86. The Hall–Kier alpha value is -2.37. The summed E-state index contributed by atoms with van der Waals surface area (Å²) in [7, 11) is 0. The topological polar surface area (TPSA) is 63.9 Å². The molecule has 1 unspecified atom stereocenters. The number of imidazole rings is 1. The third kappa shape index (κ3) is 3.52. The lowest BCUT2D eigenvalue weighted by molar-refractivity contribution is -0.151. The number of ether oxygens (including phenoxy) is 1. The number of pyridine rings is 1. The molecule has 1 aliphatic heterocycles. The van der Waals surface area contributed by atoms with Crippen LogP contribution in [0.5, 0.6) is 0 Å². The minimum Gasteiger partial charge on any atom is -0.466 e. The first-order chi connectivity index (χ1) is 12.0. The lowest BCUT2D eigenvalue weighted by atomic mass is 9.98. The van der Waals surface area contributed by atoms with Crippen molar-refractivity contribution in [3.8, 4) is 0 Å². The highest BCUT2D eigenvalue weighted by atomic mass is 16.5. The smallest absolute Gasteiger partial charge is 0.310 e. The van der Waals surface area contributed by atoms with Crippen LogP contribution in [0.3, 0.4) is 0 Å². The zero-order chi connectivity index (χ0) is 18.0. The number of aryl methyl sites for hydroxylation is 2. The maximum absolute atomic E-state index is 12.8. The Balaban J connectivity index is 1.75. The second-order valence-corrected chi connectivity index (χ2v) is 6.64. The highest BCUT2D eigenvalue weighted by Crippen LogP contribution is 2.21. The van der Waals surface area contributed by atoms with Gasteiger partial charge >= 0.3 is 5.97 Å². The number of carbonyl (C=O) groups excluding carboxylic acids is 2. The highest BCUT2D eigenvalue weighted by Gasteiger charge is 2.29. The molecule has 0 aromatic carbocycles. The Morgan fingerprint density at radius 1 is 1.36 bits per heavy atom. The first-order valence-corrected chi connectivity index (χ1v) is 8.88. The van der Waals surface area contributed by atoms with Crippen molar-refractivity contribution in [2.45, 2.75) is 40.0 Å². The molecule has 0 radical (unpaired) electrons. The summed E-state index contributed by atoms with van der Waals surface area (Å²) < 4.78 is 7.11. The van der Waals surface area contributed by atoms with Crippen LogP contribution >= 0.6 is 0 Å². The molecule has 25 heavy (non-hydrogen) atoms. The summed E-state index contributed by atoms with van der Waals surface area (Å²) in [6.07, 6.45) is 3.87. The van der Waals surface area contributed by atoms with E-state index in [2.05, 4.69) is 4.98 Å². The molecular formula is C19H25N3O3. The van der Waals surface area contributed by atoms with Crippen LogP contribution in [0.1, 0.15) is 36.7 Å². The number of nitrogens with zero attached hydrogens (tertiary/aromatic N) is 3. The number of esters is 1. The van der Waals surface area contributed by atoms with E-state index in [1.165, 1.54) is 0 Å². The summed E-state index contributed by atoms with van der Waals surface area (Å²) >= 11 is 0. The molecule has 6 heteroatoms. The number of piperidine rings is 1. The van der Waals surface area contributed by atoms with Gasteiger partial charge < -0.3 is 14.0 Å². The van der Waals surface area contributed by atoms with E-state index >= 15 is 0 Å². The Labute approximate surface area is 147 Å². The maximum Gasteiger partial charge on any atom is 0.310 e. The molecule has 2 aromatic rings. The van der Waals surface area contributed by atoms with Gasteiger partial charge in [-0.2, -0.15) is 0 Å². The fraction of sp³-hybridized carbons (Fsp3) is 0.526. The van der Waals surface area contributed by atoms with Crippen molar-refractivity contribution in [2.75, 3.05) is 19.7 Å². The molecule has 0 bridgehead atoms. The number of hydrogen-bond acceptors (Lipinski definition) is 4. The molecule has 1 aliphatic rings. The first kappa shape index (κ1) is 17.5. The monoisotopic (exact) mass is 343 g/mol. The maximum atomic E-state index is 12.8. The third-order valence-corrected chi connectivity index (χ3v) is 4.86. The van der Waals surface area contributed by atoms with Crippen LogP contribution in [0.4, 0.5) is 0 Å². The van der Waals surface area contributed by atoms with Crippen molar-refractivity contribution in [3.05, 3.63) is 35.3 Å². The number of amides is 1. The van der Waals surface area contributed by atoms with Crippen LogP contribution in [0.15, 0.2) is 18.3 Å². The predicted molar refractivity (Wildman–Crippen MR) is 94.3 cm³/mol. The van der Waals surface area contributed by atoms with Gasteiger partial charge in [-0.1, -0.05) is 6.07 Å². The largest absolute Gasteiger partial charge is 0.466 e. The molecule has 1 fully saturated rings. The van der Waals surface area contributed by atoms with Crippen LogP contribution in [-0.2, 0) is 20.7 Å². The van der Waals surface area contributed by atoms with Crippen LogP contribution in [0.2, 0.25) is 0 Å². The molecule has 1 amide bonds. The normalized spacial score (nSPS) is 17.7. The molecule has 2 aromatic heterocycles. The molecule has 0 aliphatic carbocycles. The average Bonchev–Trinajstić information content (AvgIpc) is 2.92. The minimum absolute atomic E-state index is 0.0420. The van der Waals surface area contributed by atoms with Gasteiger partial charge in [0.25, 0.3) is 0 Å². The standard InChI is InChI=1S/C19H25N3O3/c1-4-25-19(24)15-8-6-9-21(12-15)17(23)11-16-14(3)20-18-13(2)7-5-10-22(16)18/h5,7,10,15H,4,6,8-9,11-12H2,1-3H3. The van der Waals surface area contributed by atoms with Crippen molar-refractivity contribution < 1.29 is 14.3 Å². The van der Waals surface area contributed by atoms with Gasteiger partial charge in [0.15, 0.2) is 0 Å². The van der Waals surface area contributed by atoms with E-state index in [4.69, 9.17) is 4.74 Å². The predicted octanol–water partition coefficient (Wildman–Crippen LogP) is 2.30. The number of hydrogen-bond donors (Lipinski definition) is 0. The molecule has 3 heterocycles. The molecule has 3 rings (SSSR count). The quantitative estimate of drug-likeness (QED) is 0.799. The fourth-order valence-electron chi connectivity index (χ4n) is 3.49. The van der Waals surface area contributed by atoms with E-state index < -0.39 is 0 Å². The number of rotatable bonds is 4. The van der Waals surface area contributed by atoms with E-state index in [-0.39, 0.29) is 17.8 Å². The van der Waals surface area contributed by atoms with Crippen molar-refractivity contribution in [1.82, 2.24) is 14.3 Å². The lowest BCUT2D eigenvalue weighted by Gasteiger charge is -2.31. The second-order valence-electron chi connectivity index (χ2n) is 6.64. The van der Waals surface area contributed by atoms with Gasteiger partial charge in [-0.05, 0) is 45.2 Å². The SMILES string of the molecule is CCOC(=O)C1CCCN(C(=O)Cc2c(C)nc3c(C)cccn23)C1. The Kier molecular flexibility index (Phi) is 5.06. The summed E-state index contributed by atoms with van der Waals surface area (Å²) in [6.45, 7) is 7.29. The molecule has 6 nitrogen and oxygen atoms in total. The van der Waals surface area contributed by atoms with Gasteiger partial charge in [0.2, 0.25) is 5.91 Å². The number of aromatic nitrogens is 2. The molecule has 1 atom stereocenters. The summed E-state index contributed by atoms with van der Waals surface area (Å²) in [6, 6.07) is 3.98. The molecule has 1 saturated heterocycles. The molecule has 134 valence electrons. The summed E-state index contributed by atoms with van der Waals surface area (Å²) in [5, 5.41) is 0. The second kappa shape index (κ2) is 7.25. The molecule has 0 spiro atoms. The molecular weight excluding hydrogens is 318 g/mol. The van der Waals surface area contributed by atoms with Gasteiger partial charge in [-0.3, -0.25) is 9.59 Å². The van der Waals surface area contributed by atoms with Gasteiger partial charge in [0.05, 0.1) is 30.3 Å². The van der Waals surface area contributed by atoms with Crippen molar-refractivity contribution >= 4 is 17.5 Å². The average molecular weight is 343 g/mol. The Morgan fingerprint density at radius 3 is 2.92 bits per heavy atom. The first-order valence-electron chi connectivity index (χ1n) is 8.88. The number of carbonyl (C=O) groups is 2. The number of fused-ring (bicyclic) bond motifs is 1. The van der Waals surface area contributed by atoms with Gasteiger partial charge in [0, 0.05) is 19.3 Å². The summed E-state index contributed by atoms with van der Waals surface area (Å²) in [5.74, 6) is -0.356.